The second kappa shape index (κ2) is 5.69. The van der Waals surface area contributed by atoms with Crippen molar-refractivity contribution in [2.45, 2.75) is 6.92 Å². The molecule has 22 heavy (non-hydrogen) atoms. The highest BCUT2D eigenvalue weighted by Crippen LogP contribution is 2.21. The predicted octanol–water partition coefficient (Wildman–Crippen LogP) is 3.22. The Morgan fingerprint density at radius 3 is 2.27 bits per heavy atom. The van der Waals surface area contributed by atoms with Gasteiger partial charge in [-0.3, -0.25) is 0 Å². The van der Waals surface area contributed by atoms with E-state index in [1.54, 1.807) is 0 Å². The number of benzene rings is 2. The molecule has 5 heteroatoms. The fourth-order valence-electron chi connectivity index (χ4n) is 2.18. The lowest BCUT2D eigenvalue weighted by Crippen LogP contribution is -2.23. The zero-order chi connectivity index (χ0) is 15.6. The molecular formula is C17H16N2O2S. The number of hydrogen-bond donors (Lipinski definition) is 2. The summed E-state index contributed by atoms with van der Waals surface area (Å²) in [5.41, 5.74) is 3.35. The van der Waals surface area contributed by atoms with Gasteiger partial charge in [-0.05, 0) is 24.6 Å². The minimum atomic E-state index is -3.41. The van der Waals surface area contributed by atoms with Gasteiger partial charge in [0.1, 0.15) is 5.82 Å². The van der Waals surface area contributed by atoms with Crippen molar-refractivity contribution in [1.82, 2.24) is 5.32 Å². The van der Waals surface area contributed by atoms with Gasteiger partial charge in [-0.15, -0.1) is 0 Å². The SMILES string of the molecule is Cc1ccc(NC2=CS(=O)(=O)C=C(c3ccccc3)N2)cc1. The van der Waals surface area contributed by atoms with Gasteiger partial charge in [-0.25, -0.2) is 8.42 Å². The quantitative estimate of drug-likeness (QED) is 0.913. The standard InChI is InChI=1S/C17H16N2O2S/c1-13-7-9-15(10-8-13)18-17-12-22(20,21)11-16(19-17)14-5-3-2-4-6-14/h2-12,18-19H,1H3. The molecule has 2 aromatic rings. The van der Waals surface area contributed by atoms with Crippen molar-refractivity contribution in [1.29, 1.82) is 0 Å². The summed E-state index contributed by atoms with van der Waals surface area (Å²) in [6.07, 6.45) is 0. The van der Waals surface area contributed by atoms with Crippen LogP contribution >= 0.6 is 0 Å². The molecule has 4 nitrogen and oxygen atoms in total. The largest absolute Gasteiger partial charge is 0.341 e. The van der Waals surface area contributed by atoms with Crippen LogP contribution in [0, 0.1) is 6.92 Å². The number of nitrogens with one attached hydrogen (secondary N) is 2. The Labute approximate surface area is 130 Å². The van der Waals surface area contributed by atoms with Gasteiger partial charge in [-0.1, -0.05) is 48.0 Å². The zero-order valence-corrected chi connectivity index (χ0v) is 12.9. The van der Waals surface area contributed by atoms with Crippen LogP contribution in [0.1, 0.15) is 11.1 Å². The number of aryl methyl sites for hydroxylation is 1. The Bertz CT molecular complexity index is 836. The van der Waals surface area contributed by atoms with Gasteiger partial charge in [0, 0.05) is 5.69 Å². The minimum Gasteiger partial charge on any atom is -0.341 e. The van der Waals surface area contributed by atoms with Crippen LogP contribution in [-0.4, -0.2) is 8.42 Å². The first-order valence-electron chi connectivity index (χ1n) is 6.86. The summed E-state index contributed by atoms with van der Waals surface area (Å²) in [5.74, 6) is 0.435. The molecule has 1 heterocycles. The normalized spacial score (nSPS) is 16.2. The molecule has 0 saturated carbocycles. The van der Waals surface area contributed by atoms with Crippen molar-refractivity contribution in [3.05, 3.63) is 82.4 Å². The second-order valence-corrected chi connectivity index (χ2v) is 6.78. The Morgan fingerprint density at radius 1 is 0.909 bits per heavy atom. The van der Waals surface area contributed by atoms with Gasteiger partial charge >= 0.3 is 0 Å². The number of anilines is 1. The van der Waals surface area contributed by atoms with Gasteiger partial charge in [-0.2, -0.15) is 0 Å². The number of sulfone groups is 1. The van der Waals surface area contributed by atoms with E-state index in [4.69, 9.17) is 0 Å². The molecule has 0 fully saturated rings. The van der Waals surface area contributed by atoms with E-state index in [1.807, 2.05) is 61.5 Å². The highest BCUT2D eigenvalue weighted by Gasteiger charge is 2.17. The van der Waals surface area contributed by atoms with Gasteiger partial charge < -0.3 is 10.6 Å². The van der Waals surface area contributed by atoms with E-state index in [0.717, 1.165) is 16.8 Å². The summed E-state index contributed by atoms with van der Waals surface area (Å²) in [4.78, 5) is 0. The lowest BCUT2D eigenvalue weighted by Gasteiger charge is -2.19. The number of rotatable bonds is 3. The highest BCUT2D eigenvalue weighted by atomic mass is 32.2. The van der Waals surface area contributed by atoms with Crippen molar-refractivity contribution in [2.75, 3.05) is 5.32 Å². The van der Waals surface area contributed by atoms with Crippen LogP contribution in [-0.2, 0) is 9.84 Å². The first-order valence-corrected chi connectivity index (χ1v) is 8.47. The first-order chi connectivity index (χ1) is 10.5. The van der Waals surface area contributed by atoms with Gasteiger partial charge in [0.2, 0.25) is 0 Å². The van der Waals surface area contributed by atoms with Crippen LogP contribution < -0.4 is 10.6 Å². The predicted molar refractivity (Wildman–Crippen MR) is 89.4 cm³/mol. The molecule has 1 aliphatic heterocycles. The van der Waals surface area contributed by atoms with E-state index in [1.165, 1.54) is 10.8 Å². The van der Waals surface area contributed by atoms with Crippen LogP contribution in [0.5, 0.6) is 0 Å². The Balaban J connectivity index is 1.88. The van der Waals surface area contributed by atoms with E-state index in [9.17, 15) is 8.42 Å². The summed E-state index contributed by atoms with van der Waals surface area (Å²) in [7, 11) is -3.41. The molecule has 0 radical (unpaired) electrons. The average molecular weight is 312 g/mol. The molecule has 0 aliphatic carbocycles. The maximum absolute atomic E-state index is 12.1. The molecule has 3 rings (SSSR count). The van der Waals surface area contributed by atoms with E-state index in [0.29, 0.717) is 11.5 Å². The first kappa shape index (κ1) is 14.4. The Hall–Kier alpha value is -2.53. The number of hydrogen-bond acceptors (Lipinski definition) is 4. The van der Waals surface area contributed by atoms with Crippen LogP contribution in [0.25, 0.3) is 5.70 Å². The third-order valence-electron chi connectivity index (χ3n) is 3.25. The van der Waals surface area contributed by atoms with E-state index in [2.05, 4.69) is 10.6 Å². The van der Waals surface area contributed by atoms with Crippen molar-refractivity contribution < 1.29 is 8.42 Å². The zero-order valence-electron chi connectivity index (χ0n) is 12.1. The highest BCUT2D eigenvalue weighted by molar-refractivity contribution is 7.97. The fourth-order valence-corrected chi connectivity index (χ4v) is 3.22. The third-order valence-corrected chi connectivity index (χ3v) is 4.38. The van der Waals surface area contributed by atoms with Crippen LogP contribution in [0.3, 0.4) is 0 Å². The van der Waals surface area contributed by atoms with E-state index >= 15 is 0 Å². The summed E-state index contributed by atoms with van der Waals surface area (Å²) < 4.78 is 24.1. The lowest BCUT2D eigenvalue weighted by molar-refractivity contribution is 0.611. The van der Waals surface area contributed by atoms with Crippen molar-refractivity contribution in [2.24, 2.45) is 0 Å². The fraction of sp³-hybridized carbons (Fsp3) is 0.0588. The maximum atomic E-state index is 12.1. The molecule has 0 atom stereocenters. The molecule has 2 aromatic carbocycles. The molecular weight excluding hydrogens is 296 g/mol. The molecule has 0 amide bonds. The van der Waals surface area contributed by atoms with Gasteiger partial charge in [0.05, 0.1) is 16.5 Å². The van der Waals surface area contributed by atoms with Gasteiger partial charge in [0.15, 0.2) is 9.84 Å². The van der Waals surface area contributed by atoms with Crippen LogP contribution in [0.15, 0.2) is 71.2 Å². The Morgan fingerprint density at radius 2 is 1.59 bits per heavy atom. The molecule has 2 N–H and O–H groups in total. The molecule has 0 bridgehead atoms. The van der Waals surface area contributed by atoms with Crippen molar-refractivity contribution >= 4 is 21.2 Å². The van der Waals surface area contributed by atoms with Crippen LogP contribution in [0.2, 0.25) is 0 Å². The second-order valence-electron chi connectivity index (χ2n) is 5.13. The van der Waals surface area contributed by atoms with Gasteiger partial charge in [0.25, 0.3) is 0 Å². The molecule has 0 spiro atoms. The van der Waals surface area contributed by atoms with Crippen molar-refractivity contribution in [3.8, 4) is 0 Å². The molecule has 112 valence electrons. The molecule has 0 saturated heterocycles. The minimum absolute atomic E-state index is 0.435. The monoisotopic (exact) mass is 312 g/mol. The Kier molecular flexibility index (Phi) is 3.73. The van der Waals surface area contributed by atoms with E-state index in [-0.39, 0.29) is 0 Å². The topological polar surface area (TPSA) is 58.2 Å². The lowest BCUT2D eigenvalue weighted by atomic mass is 10.2. The summed E-state index contributed by atoms with van der Waals surface area (Å²) in [6.45, 7) is 2.00. The maximum Gasteiger partial charge on any atom is 0.198 e. The summed E-state index contributed by atoms with van der Waals surface area (Å²) >= 11 is 0. The van der Waals surface area contributed by atoms with Crippen LogP contribution in [0.4, 0.5) is 5.69 Å². The van der Waals surface area contributed by atoms with Crippen molar-refractivity contribution in [3.63, 3.8) is 0 Å². The summed E-state index contributed by atoms with van der Waals surface area (Å²) in [5, 5.41) is 8.65. The average Bonchev–Trinajstić information content (AvgIpc) is 2.49. The molecule has 0 aromatic heterocycles. The van der Waals surface area contributed by atoms with E-state index < -0.39 is 9.84 Å². The third kappa shape index (κ3) is 3.38. The molecule has 1 aliphatic rings. The summed E-state index contributed by atoms with van der Waals surface area (Å²) in [6, 6.07) is 17.1. The smallest absolute Gasteiger partial charge is 0.198 e. The molecule has 0 unspecified atom stereocenters.